The Balaban J connectivity index is 2.84. The van der Waals surface area contributed by atoms with Crippen LogP contribution >= 0.6 is 12.6 Å². The number of methoxy groups -OCH3 is 1. The Kier molecular flexibility index (Phi) is 1.48. The molecule has 0 bridgehead atoms. The molecule has 3 heteroatoms. The van der Waals surface area contributed by atoms with Gasteiger partial charge in [0.1, 0.15) is 0 Å². The summed E-state index contributed by atoms with van der Waals surface area (Å²) in [7, 11) is 1.55. The molecule has 0 amide bonds. The van der Waals surface area contributed by atoms with Gasteiger partial charge in [0, 0.05) is 6.07 Å². The van der Waals surface area contributed by atoms with Crippen LogP contribution < -0.4 is 4.74 Å². The summed E-state index contributed by atoms with van der Waals surface area (Å²) in [6.45, 7) is 0. The van der Waals surface area contributed by atoms with Gasteiger partial charge < -0.3 is 9.15 Å². The van der Waals surface area contributed by atoms with Gasteiger partial charge in [0.05, 0.1) is 7.11 Å². The van der Waals surface area contributed by atoms with Crippen LogP contribution in [0.1, 0.15) is 0 Å². The molecule has 0 saturated carbocycles. The molecule has 1 aromatic rings. The van der Waals surface area contributed by atoms with Crippen LogP contribution in [0.15, 0.2) is 21.6 Å². The molecule has 0 saturated heterocycles. The van der Waals surface area contributed by atoms with Gasteiger partial charge in [-0.15, -0.1) is 12.6 Å². The molecule has 0 aliphatic rings. The number of hydrogen-bond donors (Lipinski definition) is 1. The van der Waals surface area contributed by atoms with E-state index in [4.69, 9.17) is 9.15 Å². The Morgan fingerprint density at radius 2 is 2.38 bits per heavy atom. The summed E-state index contributed by atoms with van der Waals surface area (Å²) >= 11 is 3.91. The van der Waals surface area contributed by atoms with Gasteiger partial charge in [-0.1, -0.05) is 0 Å². The Bertz CT molecular complexity index is 171. The average molecular weight is 130 g/mol. The van der Waals surface area contributed by atoms with Gasteiger partial charge in [0.25, 0.3) is 5.95 Å². The third-order valence-electron chi connectivity index (χ3n) is 0.768. The molecule has 0 aromatic carbocycles. The van der Waals surface area contributed by atoms with Gasteiger partial charge >= 0.3 is 0 Å². The summed E-state index contributed by atoms with van der Waals surface area (Å²) in [5.74, 6) is 0.495. The van der Waals surface area contributed by atoms with E-state index < -0.39 is 0 Å². The second-order valence-corrected chi connectivity index (χ2v) is 1.74. The van der Waals surface area contributed by atoms with Gasteiger partial charge in [-0.2, -0.15) is 0 Å². The number of ether oxygens (including phenoxy) is 1. The molecule has 1 rings (SSSR count). The predicted molar refractivity (Wildman–Crippen MR) is 32.5 cm³/mol. The van der Waals surface area contributed by atoms with Crippen molar-refractivity contribution in [1.82, 2.24) is 0 Å². The second-order valence-electron chi connectivity index (χ2n) is 1.30. The zero-order chi connectivity index (χ0) is 5.98. The van der Waals surface area contributed by atoms with Crippen molar-refractivity contribution >= 4 is 12.6 Å². The first-order chi connectivity index (χ1) is 3.83. The highest BCUT2D eigenvalue weighted by Gasteiger charge is 1.93. The largest absolute Gasteiger partial charge is 0.468 e. The van der Waals surface area contributed by atoms with Gasteiger partial charge in [0.2, 0.25) is 0 Å². The molecular formula is C5H6O2S. The van der Waals surface area contributed by atoms with Crippen molar-refractivity contribution in [2.24, 2.45) is 0 Å². The number of furan rings is 1. The molecule has 1 heterocycles. The molecule has 0 radical (unpaired) electrons. The van der Waals surface area contributed by atoms with Gasteiger partial charge in [-0.3, -0.25) is 0 Å². The van der Waals surface area contributed by atoms with Crippen LogP contribution in [0.5, 0.6) is 5.95 Å². The normalized spacial score (nSPS) is 9.25. The van der Waals surface area contributed by atoms with E-state index in [-0.39, 0.29) is 0 Å². The van der Waals surface area contributed by atoms with Crippen molar-refractivity contribution in [1.29, 1.82) is 0 Å². The summed E-state index contributed by atoms with van der Waals surface area (Å²) < 4.78 is 9.59. The zero-order valence-corrected chi connectivity index (χ0v) is 5.31. The summed E-state index contributed by atoms with van der Waals surface area (Å²) in [5.41, 5.74) is 0. The van der Waals surface area contributed by atoms with Crippen LogP contribution in [0.4, 0.5) is 0 Å². The highest BCUT2D eigenvalue weighted by Crippen LogP contribution is 2.17. The van der Waals surface area contributed by atoms with Crippen LogP contribution in [-0.4, -0.2) is 7.11 Å². The molecule has 0 aliphatic carbocycles. The van der Waals surface area contributed by atoms with Crippen molar-refractivity contribution in [3.05, 3.63) is 12.1 Å². The molecule has 1 aromatic heterocycles. The van der Waals surface area contributed by atoms with E-state index in [1.807, 2.05) is 0 Å². The number of rotatable bonds is 1. The minimum atomic E-state index is 0.495. The van der Waals surface area contributed by atoms with Crippen molar-refractivity contribution in [3.8, 4) is 5.95 Å². The van der Waals surface area contributed by atoms with E-state index in [9.17, 15) is 0 Å². The maximum absolute atomic E-state index is 4.87. The lowest BCUT2D eigenvalue weighted by Gasteiger charge is -1.87. The van der Waals surface area contributed by atoms with E-state index in [2.05, 4.69) is 12.6 Å². The van der Waals surface area contributed by atoms with Crippen LogP contribution in [-0.2, 0) is 0 Å². The van der Waals surface area contributed by atoms with Crippen molar-refractivity contribution in [2.75, 3.05) is 7.11 Å². The first kappa shape index (κ1) is 5.56. The molecule has 2 nitrogen and oxygen atoms in total. The molecule has 44 valence electrons. The maximum atomic E-state index is 4.87. The van der Waals surface area contributed by atoms with E-state index in [0.717, 1.165) is 0 Å². The Hall–Kier alpha value is -0.570. The molecule has 0 aliphatic heterocycles. The Morgan fingerprint density at radius 1 is 1.62 bits per heavy atom. The highest BCUT2D eigenvalue weighted by molar-refractivity contribution is 7.80. The standard InChI is InChI=1S/C5H6O2S/c1-6-4-2-3-5(8)7-4/h2-3,8H,1H3. The lowest BCUT2D eigenvalue weighted by Crippen LogP contribution is -1.75. The van der Waals surface area contributed by atoms with Gasteiger partial charge in [-0.05, 0) is 6.07 Å². The average Bonchev–Trinajstić information content (AvgIpc) is 2.14. The van der Waals surface area contributed by atoms with E-state index >= 15 is 0 Å². The molecule has 0 atom stereocenters. The molecule has 0 spiro atoms. The van der Waals surface area contributed by atoms with Crippen LogP contribution in [0.25, 0.3) is 0 Å². The first-order valence-electron chi connectivity index (χ1n) is 2.15. The van der Waals surface area contributed by atoms with Crippen molar-refractivity contribution in [2.45, 2.75) is 5.09 Å². The fourth-order valence-corrected chi connectivity index (χ4v) is 0.585. The SMILES string of the molecule is COc1ccc(S)o1. The quantitative estimate of drug-likeness (QED) is 0.583. The van der Waals surface area contributed by atoms with Crippen molar-refractivity contribution in [3.63, 3.8) is 0 Å². The molecule has 0 unspecified atom stereocenters. The van der Waals surface area contributed by atoms with Crippen LogP contribution in [0.2, 0.25) is 0 Å². The first-order valence-corrected chi connectivity index (χ1v) is 2.60. The van der Waals surface area contributed by atoms with Crippen LogP contribution in [0, 0.1) is 0 Å². The topological polar surface area (TPSA) is 22.4 Å². The monoisotopic (exact) mass is 130 g/mol. The number of hydrogen-bond acceptors (Lipinski definition) is 3. The maximum Gasteiger partial charge on any atom is 0.285 e. The summed E-state index contributed by atoms with van der Waals surface area (Å²) in [6, 6.07) is 3.43. The third-order valence-corrected chi connectivity index (χ3v) is 1.01. The second kappa shape index (κ2) is 2.13. The minimum absolute atomic E-state index is 0.495. The zero-order valence-electron chi connectivity index (χ0n) is 4.42. The summed E-state index contributed by atoms with van der Waals surface area (Å²) in [6.07, 6.45) is 0. The Labute approximate surface area is 52.9 Å². The molecule has 0 fully saturated rings. The summed E-state index contributed by atoms with van der Waals surface area (Å²) in [5, 5.41) is 0.571. The van der Waals surface area contributed by atoms with E-state index in [1.165, 1.54) is 0 Å². The molecular weight excluding hydrogens is 124 g/mol. The van der Waals surface area contributed by atoms with Gasteiger partial charge in [-0.25, -0.2) is 0 Å². The smallest absolute Gasteiger partial charge is 0.285 e. The lowest BCUT2D eigenvalue weighted by atomic mass is 10.6. The minimum Gasteiger partial charge on any atom is -0.468 e. The lowest BCUT2D eigenvalue weighted by molar-refractivity contribution is 0.280. The predicted octanol–water partition coefficient (Wildman–Crippen LogP) is 1.58. The summed E-state index contributed by atoms with van der Waals surface area (Å²) in [4.78, 5) is 0. The van der Waals surface area contributed by atoms with Crippen molar-refractivity contribution < 1.29 is 9.15 Å². The fourth-order valence-electron chi connectivity index (χ4n) is 0.420. The molecule has 0 N–H and O–H groups in total. The Morgan fingerprint density at radius 3 is 2.62 bits per heavy atom. The van der Waals surface area contributed by atoms with E-state index in [0.29, 0.717) is 11.0 Å². The molecule has 8 heavy (non-hydrogen) atoms. The number of thiol groups is 1. The third kappa shape index (κ3) is 0.980. The van der Waals surface area contributed by atoms with Crippen LogP contribution in [0.3, 0.4) is 0 Å². The van der Waals surface area contributed by atoms with Gasteiger partial charge in [0.15, 0.2) is 5.09 Å². The van der Waals surface area contributed by atoms with E-state index in [1.54, 1.807) is 19.2 Å². The fraction of sp³-hybridized carbons (Fsp3) is 0.200. The highest BCUT2D eigenvalue weighted by atomic mass is 32.1.